The summed E-state index contributed by atoms with van der Waals surface area (Å²) in [5.74, 6) is 32.0. The number of hydrogen-bond donors (Lipinski definition) is 0. The second kappa shape index (κ2) is 9.04. The number of esters is 1. The zero-order chi connectivity index (χ0) is 35.8. The second-order valence-corrected chi connectivity index (χ2v) is 26.3. The predicted octanol–water partition coefficient (Wildman–Crippen LogP) is 10.0. The number of fused-ring (bicyclic) bond motifs is 1. The Bertz CT molecular complexity index is 2080. The van der Waals surface area contributed by atoms with Crippen LogP contribution in [0.4, 0.5) is 0 Å². The highest BCUT2D eigenvalue weighted by atomic mass is 16.5. The summed E-state index contributed by atoms with van der Waals surface area (Å²) in [5.41, 5.74) is 4.57. The van der Waals surface area contributed by atoms with Crippen molar-refractivity contribution >= 4 is 5.97 Å². The van der Waals surface area contributed by atoms with Gasteiger partial charge in [-0.05, 0) is 246 Å². The molecule has 1 aromatic carbocycles. The molecule has 16 saturated carbocycles. The fourth-order valence-corrected chi connectivity index (χ4v) is 27.8. The van der Waals surface area contributed by atoms with Crippen LogP contribution in [0.25, 0.3) is 0 Å². The molecule has 0 aromatic heterocycles. The third-order valence-corrected chi connectivity index (χ3v) is 26.2. The highest BCUT2D eigenvalue weighted by molar-refractivity contribution is 5.69. The minimum Gasteiger partial charge on any atom is -0.465 e. The topological polar surface area (TPSA) is 26.3 Å². The van der Waals surface area contributed by atoms with Gasteiger partial charge in [-0.25, -0.2) is 0 Å². The molecule has 0 bridgehead atoms. The van der Waals surface area contributed by atoms with Crippen LogP contribution >= 0.6 is 0 Å². The lowest BCUT2D eigenvalue weighted by molar-refractivity contribution is -0.153. The van der Waals surface area contributed by atoms with Crippen LogP contribution in [0.15, 0.2) is 42.0 Å². The zero-order valence-electron chi connectivity index (χ0n) is 33.9. The first kappa shape index (κ1) is 30.5. The molecule has 17 aliphatic carbocycles. The van der Waals surface area contributed by atoms with E-state index in [0.717, 1.165) is 148 Å². The van der Waals surface area contributed by atoms with Crippen LogP contribution in [0.3, 0.4) is 0 Å². The Morgan fingerprint density at radius 3 is 1.95 bits per heavy atom. The van der Waals surface area contributed by atoms with Crippen molar-refractivity contribution in [3.05, 3.63) is 47.5 Å². The first-order chi connectivity index (χ1) is 27.5. The summed E-state index contributed by atoms with van der Waals surface area (Å²) in [7, 11) is 0. The molecule has 2 nitrogen and oxygen atoms in total. The van der Waals surface area contributed by atoms with Crippen molar-refractivity contribution in [2.45, 2.75) is 83.5 Å². The minimum atomic E-state index is 0.0724. The predicted molar refractivity (Wildman–Crippen MR) is 212 cm³/mol. The van der Waals surface area contributed by atoms with Crippen molar-refractivity contribution in [1.82, 2.24) is 0 Å². The van der Waals surface area contributed by atoms with Crippen LogP contribution < -0.4 is 0 Å². The Hall–Kier alpha value is -1.57. The summed E-state index contributed by atoms with van der Waals surface area (Å²) in [6, 6.07) is 12.4. The van der Waals surface area contributed by atoms with Gasteiger partial charge in [0.15, 0.2) is 0 Å². The third kappa shape index (κ3) is 2.70. The van der Waals surface area contributed by atoms with Gasteiger partial charge in [0.05, 0.1) is 6.61 Å². The van der Waals surface area contributed by atoms with Crippen molar-refractivity contribution in [3.63, 3.8) is 0 Å². The van der Waals surface area contributed by atoms with Gasteiger partial charge in [0.1, 0.15) is 0 Å². The highest BCUT2D eigenvalue weighted by Gasteiger charge is 2.95. The fourth-order valence-electron chi connectivity index (χ4n) is 27.8. The lowest BCUT2D eigenvalue weighted by Crippen LogP contribution is -2.59. The molecule has 1 aromatic rings. The van der Waals surface area contributed by atoms with Crippen LogP contribution in [-0.4, -0.2) is 12.6 Å². The summed E-state index contributed by atoms with van der Waals surface area (Å²) >= 11 is 0. The molecular weight excluding hydrogens is 681 g/mol. The lowest BCUT2D eigenvalue weighted by atomic mass is 9.42. The number of benzene rings is 1. The Kier molecular flexibility index (Phi) is 4.92. The van der Waals surface area contributed by atoms with Crippen LogP contribution in [-0.2, 0) is 14.9 Å². The van der Waals surface area contributed by atoms with Gasteiger partial charge < -0.3 is 4.74 Å². The number of carbonyl (C=O) groups excluding carboxylic acids is 1. The van der Waals surface area contributed by atoms with E-state index in [4.69, 9.17) is 4.74 Å². The molecule has 31 unspecified atom stereocenters. The van der Waals surface area contributed by atoms with E-state index in [9.17, 15) is 4.79 Å². The van der Waals surface area contributed by atoms with Gasteiger partial charge in [-0.1, -0.05) is 55.8 Å². The molecule has 0 saturated heterocycles. The quantitative estimate of drug-likeness (QED) is 0.205. The van der Waals surface area contributed by atoms with E-state index >= 15 is 0 Å². The van der Waals surface area contributed by atoms with E-state index in [1.54, 1.807) is 44.1 Å². The van der Waals surface area contributed by atoms with E-state index in [1.165, 1.54) is 42.4 Å². The Labute approximate surface area is 334 Å². The number of carbonyl (C=O) groups is 1. The smallest absolute Gasteiger partial charge is 0.305 e. The molecule has 56 heavy (non-hydrogen) atoms. The number of allylic oxidation sites excluding steroid dienone is 2. The van der Waals surface area contributed by atoms with Gasteiger partial charge in [0, 0.05) is 11.8 Å². The van der Waals surface area contributed by atoms with Crippen molar-refractivity contribution in [2.24, 2.45) is 183 Å². The standard InChI is InChI=1S/C54H64O2/c1-20(2)19-56-30(55)9-6-10-53(28-7-4-3-5-8-28)52-29-17-26-15-23-13-24-12-21-11-22-14-25-16-27-18-54(52,53)51-37(27)42-36(25)41-32(22)31(21)39-35(24)40-33(23)34(26)43-38(29)50(51)49-47(42)45(41)44(39)46(40)48(43)49/h3-5,7-8,16,20-24,26-27,29,31-52H,6,9-15,17-19H2,1-2H3. The maximum Gasteiger partial charge on any atom is 0.305 e. The molecule has 1 spiro atoms. The molecule has 18 rings (SSSR count). The third-order valence-electron chi connectivity index (χ3n) is 26.2. The molecule has 0 amide bonds. The molecule has 0 aliphatic heterocycles. The zero-order valence-corrected chi connectivity index (χ0v) is 33.9. The van der Waals surface area contributed by atoms with Crippen LogP contribution in [0.2, 0.25) is 0 Å². The van der Waals surface area contributed by atoms with Gasteiger partial charge in [0.25, 0.3) is 0 Å². The van der Waals surface area contributed by atoms with Crippen LogP contribution in [0.5, 0.6) is 0 Å². The fraction of sp³-hybridized carbons (Fsp3) is 0.833. The average Bonchev–Trinajstić information content (AvgIpc) is 3.88. The number of rotatable bonds is 7. The van der Waals surface area contributed by atoms with Gasteiger partial charge in [0.2, 0.25) is 0 Å². The van der Waals surface area contributed by atoms with Crippen LogP contribution in [0, 0.1) is 183 Å². The summed E-state index contributed by atoms with van der Waals surface area (Å²) in [4.78, 5) is 13.3. The molecule has 31 atom stereocenters. The van der Waals surface area contributed by atoms with Crippen molar-refractivity contribution in [2.75, 3.05) is 6.61 Å². The maximum absolute atomic E-state index is 13.3. The van der Waals surface area contributed by atoms with E-state index in [2.05, 4.69) is 55.8 Å². The Morgan fingerprint density at radius 1 is 0.661 bits per heavy atom. The van der Waals surface area contributed by atoms with Crippen molar-refractivity contribution in [1.29, 1.82) is 0 Å². The number of hydrogen-bond acceptors (Lipinski definition) is 2. The summed E-state index contributed by atoms with van der Waals surface area (Å²) < 4.78 is 5.87. The molecule has 2 heteroatoms. The second-order valence-electron chi connectivity index (χ2n) is 26.3. The van der Waals surface area contributed by atoms with Gasteiger partial charge in [-0.2, -0.15) is 0 Å². The highest BCUT2D eigenvalue weighted by Crippen LogP contribution is 2.98. The molecule has 0 heterocycles. The van der Waals surface area contributed by atoms with E-state index in [0.29, 0.717) is 24.4 Å². The average molecular weight is 745 g/mol. The molecule has 0 radical (unpaired) electrons. The van der Waals surface area contributed by atoms with Gasteiger partial charge >= 0.3 is 5.97 Å². The molecule has 0 N–H and O–H groups in total. The van der Waals surface area contributed by atoms with Crippen molar-refractivity contribution < 1.29 is 9.53 Å². The largest absolute Gasteiger partial charge is 0.465 e. The summed E-state index contributed by atoms with van der Waals surface area (Å²) in [5, 5.41) is 0. The van der Waals surface area contributed by atoms with Gasteiger partial charge in [-0.15, -0.1) is 0 Å². The Morgan fingerprint density at radius 2 is 1.23 bits per heavy atom. The molecule has 16 fully saturated rings. The maximum atomic E-state index is 13.3. The molecular formula is C54H64O2. The lowest BCUT2D eigenvalue weighted by Gasteiger charge is -2.62. The number of ether oxygens (including phenoxy) is 1. The van der Waals surface area contributed by atoms with Gasteiger partial charge in [-0.3, -0.25) is 4.79 Å². The molecule has 292 valence electrons. The summed E-state index contributed by atoms with van der Waals surface area (Å²) in [6.45, 7) is 4.93. The first-order valence-corrected chi connectivity index (χ1v) is 25.4. The monoisotopic (exact) mass is 744 g/mol. The Balaban J connectivity index is 0.886. The minimum absolute atomic E-state index is 0.0724. The van der Waals surface area contributed by atoms with E-state index < -0.39 is 0 Å². The van der Waals surface area contributed by atoms with E-state index in [-0.39, 0.29) is 11.4 Å². The normalized spacial score (nSPS) is 69.7. The SMILES string of the molecule is CC(C)COC(=O)CCCC1(c2ccccc2)C2C3CC4CC5CC6CC7CC8CC9=CC%10CC21C1C%10C2C9C9C8C7C7C6C6C5C4C4C3C1C1C2C9C7C6C41. The van der Waals surface area contributed by atoms with E-state index in [1.807, 2.05) is 0 Å². The summed E-state index contributed by atoms with van der Waals surface area (Å²) in [6.07, 6.45) is 17.4. The first-order valence-electron chi connectivity index (χ1n) is 25.4. The molecule has 17 aliphatic rings. The van der Waals surface area contributed by atoms with Crippen molar-refractivity contribution in [3.8, 4) is 0 Å². The van der Waals surface area contributed by atoms with Crippen LogP contribution in [0.1, 0.15) is 83.6 Å².